The first-order valence-corrected chi connectivity index (χ1v) is 6.47. The summed E-state index contributed by atoms with van der Waals surface area (Å²) in [6, 6.07) is 6.88. The van der Waals surface area contributed by atoms with E-state index in [0.29, 0.717) is 11.6 Å². The van der Waals surface area contributed by atoms with E-state index in [-0.39, 0.29) is 5.97 Å². The summed E-state index contributed by atoms with van der Waals surface area (Å²) >= 11 is 6.12. The van der Waals surface area contributed by atoms with Crippen LogP contribution in [-0.4, -0.2) is 23.6 Å². The van der Waals surface area contributed by atoms with E-state index in [0.717, 1.165) is 16.6 Å². The fraction of sp³-hybridized carbons (Fsp3) is 0.286. The van der Waals surface area contributed by atoms with Gasteiger partial charge in [-0.05, 0) is 38.1 Å². The van der Waals surface area contributed by atoms with Crippen LogP contribution in [0.3, 0.4) is 0 Å². The SMILES string of the molecule is CCOC(=O)C(C)Nc1ccc(Cl)c2cccnc12. The predicted octanol–water partition coefficient (Wildman–Crippen LogP) is 3.25. The molecule has 0 spiro atoms. The van der Waals surface area contributed by atoms with Gasteiger partial charge in [-0.2, -0.15) is 0 Å². The number of ether oxygens (including phenoxy) is 1. The molecular formula is C14H15ClN2O2. The Morgan fingerprint density at radius 3 is 3.00 bits per heavy atom. The molecule has 4 nitrogen and oxygen atoms in total. The molecule has 0 saturated heterocycles. The molecule has 0 aliphatic heterocycles. The van der Waals surface area contributed by atoms with Gasteiger partial charge in [-0.3, -0.25) is 4.98 Å². The van der Waals surface area contributed by atoms with Gasteiger partial charge >= 0.3 is 5.97 Å². The average Bonchev–Trinajstić information content (AvgIpc) is 2.42. The minimum atomic E-state index is -0.439. The number of carbonyl (C=O) groups excluding carboxylic acids is 1. The van der Waals surface area contributed by atoms with Gasteiger partial charge in [0.2, 0.25) is 0 Å². The van der Waals surface area contributed by atoms with Gasteiger partial charge in [-0.15, -0.1) is 0 Å². The molecule has 1 unspecified atom stereocenters. The van der Waals surface area contributed by atoms with Gasteiger partial charge in [0.25, 0.3) is 0 Å². The van der Waals surface area contributed by atoms with Crippen molar-refractivity contribution in [3.8, 4) is 0 Å². The number of hydrogen-bond acceptors (Lipinski definition) is 4. The fourth-order valence-corrected chi connectivity index (χ4v) is 2.03. The molecule has 0 aliphatic rings. The second kappa shape index (κ2) is 5.89. The molecule has 1 heterocycles. The molecule has 1 N–H and O–H groups in total. The molecule has 0 aliphatic carbocycles. The second-order valence-electron chi connectivity index (χ2n) is 4.11. The standard InChI is InChI=1S/C14H15ClN2O2/c1-3-19-14(18)9(2)17-12-7-6-11(15)10-5-4-8-16-13(10)12/h4-9,17H,3H2,1-2H3. The lowest BCUT2D eigenvalue weighted by Crippen LogP contribution is -2.28. The van der Waals surface area contributed by atoms with Crippen molar-refractivity contribution in [1.82, 2.24) is 4.98 Å². The van der Waals surface area contributed by atoms with Gasteiger partial charge in [-0.1, -0.05) is 11.6 Å². The van der Waals surface area contributed by atoms with E-state index < -0.39 is 6.04 Å². The third-order valence-electron chi connectivity index (χ3n) is 2.73. The summed E-state index contributed by atoms with van der Waals surface area (Å²) in [6.45, 7) is 3.90. The molecular weight excluding hydrogens is 264 g/mol. The summed E-state index contributed by atoms with van der Waals surface area (Å²) in [5, 5.41) is 4.59. The largest absolute Gasteiger partial charge is 0.464 e. The van der Waals surface area contributed by atoms with E-state index >= 15 is 0 Å². The number of hydrogen-bond donors (Lipinski definition) is 1. The number of nitrogens with one attached hydrogen (secondary N) is 1. The Balaban J connectivity index is 2.31. The zero-order valence-electron chi connectivity index (χ0n) is 10.8. The van der Waals surface area contributed by atoms with Crippen LogP contribution in [0.2, 0.25) is 5.02 Å². The average molecular weight is 279 g/mol. The summed E-state index contributed by atoms with van der Waals surface area (Å²) in [5.41, 5.74) is 1.51. The number of carbonyl (C=O) groups is 1. The van der Waals surface area contributed by atoms with Crippen LogP contribution in [-0.2, 0) is 9.53 Å². The van der Waals surface area contributed by atoms with Crippen LogP contribution in [0.5, 0.6) is 0 Å². The normalized spacial score (nSPS) is 12.2. The fourth-order valence-electron chi connectivity index (χ4n) is 1.81. The quantitative estimate of drug-likeness (QED) is 0.872. The highest BCUT2D eigenvalue weighted by Gasteiger charge is 2.15. The molecule has 1 atom stereocenters. The second-order valence-corrected chi connectivity index (χ2v) is 4.52. The number of nitrogens with zero attached hydrogens (tertiary/aromatic N) is 1. The molecule has 2 aromatic rings. The summed E-state index contributed by atoms with van der Waals surface area (Å²) in [6.07, 6.45) is 1.69. The Bertz CT molecular complexity index is 601. The molecule has 2 rings (SSSR count). The number of pyridine rings is 1. The molecule has 0 bridgehead atoms. The van der Waals surface area contributed by atoms with E-state index in [1.807, 2.05) is 18.2 Å². The first kappa shape index (κ1) is 13.6. The molecule has 1 aromatic carbocycles. The van der Waals surface area contributed by atoms with Crippen LogP contribution >= 0.6 is 11.6 Å². The summed E-state index contributed by atoms with van der Waals surface area (Å²) in [5.74, 6) is -0.290. The van der Waals surface area contributed by atoms with Gasteiger partial charge < -0.3 is 10.1 Å². The lowest BCUT2D eigenvalue weighted by atomic mass is 10.1. The molecule has 0 saturated carbocycles. The van der Waals surface area contributed by atoms with Crippen molar-refractivity contribution in [2.24, 2.45) is 0 Å². The van der Waals surface area contributed by atoms with Crippen molar-refractivity contribution < 1.29 is 9.53 Å². The van der Waals surface area contributed by atoms with E-state index in [1.54, 1.807) is 26.1 Å². The van der Waals surface area contributed by atoms with Crippen molar-refractivity contribution in [3.63, 3.8) is 0 Å². The van der Waals surface area contributed by atoms with Gasteiger partial charge in [0.05, 0.1) is 22.8 Å². The Morgan fingerprint density at radius 1 is 1.47 bits per heavy atom. The highest BCUT2D eigenvalue weighted by atomic mass is 35.5. The van der Waals surface area contributed by atoms with Gasteiger partial charge in [0.15, 0.2) is 0 Å². The minimum Gasteiger partial charge on any atom is -0.464 e. The van der Waals surface area contributed by atoms with Crippen LogP contribution in [0, 0.1) is 0 Å². The number of halogens is 1. The lowest BCUT2D eigenvalue weighted by molar-refractivity contribution is -0.143. The monoisotopic (exact) mass is 278 g/mol. The Kier molecular flexibility index (Phi) is 4.22. The molecule has 5 heteroatoms. The van der Waals surface area contributed by atoms with Crippen molar-refractivity contribution in [2.45, 2.75) is 19.9 Å². The maximum absolute atomic E-state index is 11.6. The Labute approximate surface area is 116 Å². The van der Waals surface area contributed by atoms with Crippen LogP contribution < -0.4 is 5.32 Å². The molecule has 0 radical (unpaired) electrons. The molecule has 1 aromatic heterocycles. The van der Waals surface area contributed by atoms with Gasteiger partial charge in [0.1, 0.15) is 6.04 Å². The minimum absolute atomic E-state index is 0.290. The molecule has 100 valence electrons. The van der Waals surface area contributed by atoms with Gasteiger partial charge in [-0.25, -0.2) is 4.79 Å². The first-order chi connectivity index (χ1) is 9.13. The van der Waals surface area contributed by atoms with E-state index in [2.05, 4.69) is 10.3 Å². The molecule has 19 heavy (non-hydrogen) atoms. The van der Waals surface area contributed by atoms with Crippen molar-refractivity contribution in [2.75, 3.05) is 11.9 Å². The topological polar surface area (TPSA) is 51.2 Å². The Hall–Kier alpha value is -1.81. The Morgan fingerprint density at radius 2 is 2.26 bits per heavy atom. The van der Waals surface area contributed by atoms with E-state index in [9.17, 15) is 4.79 Å². The summed E-state index contributed by atoms with van der Waals surface area (Å²) < 4.78 is 4.96. The third kappa shape index (κ3) is 2.96. The third-order valence-corrected chi connectivity index (χ3v) is 3.06. The maximum Gasteiger partial charge on any atom is 0.328 e. The highest BCUT2D eigenvalue weighted by molar-refractivity contribution is 6.35. The molecule has 0 fully saturated rings. The van der Waals surface area contributed by atoms with Crippen LogP contribution in [0.25, 0.3) is 10.9 Å². The smallest absolute Gasteiger partial charge is 0.328 e. The maximum atomic E-state index is 11.6. The zero-order chi connectivity index (χ0) is 13.8. The molecule has 0 amide bonds. The summed E-state index contributed by atoms with van der Waals surface area (Å²) in [4.78, 5) is 15.9. The zero-order valence-corrected chi connectivity index (χ0v) is 11.6. The number of esters is 1. The highest BCUT2D eigenvalue weighted by Crippen LogP contribution is 2.28. The van der Waals surface area contributed by atoms with E-state index in [1.165, 1.54) is 0 Å². The van der Waals surface area contributed by atoms with E-state index in [4.69, 9.17) is 16.3 Å². The number of anilines is 1. The van der Waals surface area contributed by atoms with Crippen molar-refractivity contribution in [1.29, 1.82) is 0 Å². The number of benzene rings is 1. The number of rotatable bonds is 4. The number of fused-ring (bicyclic) bond motifs is 1. The van der Waals surface area contributed by atoms with Crippen LogP contribution in [0.1, 0.15) is 13.8 Å². The van der Waals surface area contributed by atoms with Gasteiger partial charge in [0, 0.05) is 11.6 Å². The van der Waals surface area contributed by atoms with Crippen LogP contribution in [0.15, 0.2) is 30.5 Å². The van der Waals surface area contributed by atoms with Crippen molar-refractivity contribution >= 4 is 34.2 Å². The van der Waals surface area contributed by atoms with Crippen LogP contribution in [0.4, 0.5) is 5.69 Å². The first-order valence-electron chi connectivity index (χ1n) is 6.10. The number of aromatic nitrogens is 1. The predicted molar refractivity (Wildman–Crippen MR) is 76.5 cm³/mol. The van der Waals surface area contributed by atoms with Crippen molar-refractivity contribution in [3.05, 3.63) is 35.5 Å². The summed E-state index contributed by atoms with van der Waals surface area (Å²) in [7, 11) is 0. The lowest BCUT2D eigenvalue weighted by Gasteiger charge is -2.15.